The van der Waals surface area contributed by atoms with Gasteiger partial charge >= 0.3 is 6.03 Å². The number of hydrogen-bond donors (Lipinski definition) is 2. The lowest BCUT2D eigenvalue weighted by Crippen LogP contribution is -2.36. The molecule has 0 aromatic carbocycles. The fourth-order valence-electron chi connectivity index (χ4n) is 1.17. The third-order valence-electron chi connectivity index (χ3n) is 1.93. The van der Waals surface area contributed by atoms with E-state index in [-0.39, 0.29) is 6.54 Å². The Balaban J connectivity index is 2.60. The number of nitrogens with two attached hydrogens (primary N) is 1. The van der Waals surface area contributed by atoms with Crippen molar-refractivity contribution in [3.63, 3.8) is 0 Å². The van der Waals surface area contributed by atoms with Gasteiger partial charge in [0.1, 0.15) is 6.54 Å². The minimum atomic E-state index is -0.824. The minimum absolute atomic E-state index is 0.109. The van der Waals surface area contributed by atoms with E-state index in [1.807, 2.05) is 31.6 Å². The summed E-state index contributed by atoms with van der Waals surface area (Å²) in [5, 5.41) is 2.00. The number of rotatable bonds is 2. The van der Waals surface area contributed by atoms with Crippen molar-refractivity contribution in [2.24, 2.45) is 5.73 Å². The van der Waals surface area contributed by atoms with Gasteiger partial charge in [0.25, 0.3) is 0 Å². The maximum absolute atomic E-state index is 11.1. The third-order valence-corrected chi connectivity index (χ3v) is 1.93. The highest BCUT2D eigenvalue weighted by Gasteiger charge is 2.05. The van der Waals surface area contributed by atoms with Gasteiger partial charge in [0.15, 0.2) is 0 Å². The van der Waals surface area contributed by atoms with Crippen LogP contribution in [0.15, 0.2) is 12.4 Å². The van der Waals surface area contributed by atoms with E-state index >= 15 is 0 Å². The van der Waals surface area contributed by atoms with Crippen LogP contribution in [0.2, 0.25) is 0 Å². The van der Waals surface area contributed by atoms with Crippen molar-refractivity contribution in [2.75, 3.05) is 0 Å². The van der Waals surface area contributed by atoms with Gasteiger partial charge in [-0.3, -0.25) is 10.1 Å². The van der Waals surface area contributed by atoms with Crippen LogP contribution in [0.4, 0.5) is 4.79 Å². The first-order valence-electron chi connectivity index (χ1n) is 4.21. The summed E-state index contributed by atoms with van der Waals surface area (Å²) in [4.78, 5) is 21.5. The number of carbonyl (C=O) groups is 2. The van der Waals surface area contributed by atoms with Crippen molar-refractivity contribution in [1.82, 2.24) is 9.88 Å². The molecule has 0 aliphatic heterocycles. The summed E-state index contributed by atoms with van der Waals surface area (Å²) in [5.74, 6) is -0.410. The molecule has 1 aromatic heterocycles. The van der Waals surface area contributed by atoms with E-state index in [0.29, 0.717) is 0 Å². The zero-order valence-corrected chi connectivity index (χ0v) is 8.20. The highest BCUT2D eigenvalue weighted by Crippen LogP contribution is 2.06. The largest absolute Gasteiger partial charge is 0.351 e. The third kappa shape index (κ3) is 2.62. The number of nitrogens with one attached hydrogen (secondary N) is 1. The van der Waals surface area contributed by atoms with Crippen molar-refractivity contribution in [2.45, 2.75) is 20.4 Å². The van der Waals surface area contributed by atoms with Crippen LogP contribution in [0.1, 0.15) is 11.1 Å². The molecule has 5 heteroatoms. The maximum Gasteiger partial charge on any atom is 0.318 e. The van der Waals surface area contributed by atoms with Crippen molar-refractivity contribution < 1.29 is 9.59 Å². The van der Waals surface area contributed by atoms with Gasteiger partial charge in [0.2, 0.25) is 5.91 Å². The quantitative estimate of drug-likeness (QED) is 0.712. The van der Waals surface area contributed by atoms with Gasteiger partial charge in [-0.05, 0) is 25.0 Å². The van der Waals surface area contributed by atoms with Gasteiger partial charge in [-0.25, -0.2) is 4.79 Å². The number of aryl methyl sites for hydroxylation is 2. The highest BCUT2D eigenvalue weighted by molar-refractivity contribution is 5.93. The number of hydrogen-bond acceptors (Lipinski definition) is 2. The molecule has 5 nitrogen and oxygen atoms in total. The monoisotopic (exact) mass is 195 g/mol. The number of urea groups is 1. The second-order valence-corrected chi connectivity index (χ2v) is 3.21. The van der Waals surface area contributed by atoms with Crippen LogP contribution >= 0.6 is 0 Å². The molecule has 1 heterocycles. The average Bonchev–Trinajstić information content (AvgIpc) is 2.28. The van der Waals surface area contributed by atoms with E-state index in [0.717, 1.165) is 11.1 Å². The molecule has 1 aromatic rings. The molecule has 3 N–H and O–H groups in total. The SMILES string of the molecule is Cc1cn(CC(=O)NC(N)=O)cc1C. The Morgan fingerprint density at radius 3 is 2.29 bits per heavy atom. The zero-order valence-electron chi connectivity index (χ0n) is 8.20. The van der Waals surface area contributed by atoms with E-state index < -0.39 is 11.9 Å². The van der Waals surface area contributed by atoms with Crippen LogP contribution in [0.3, 0.4) is 0 Å². The molecule has 0 atom stereocenters. The smallest absolute Gasteiger partial charge is 0.318 e. The van der Waals surface area contributed by atoms with Crippen LogP contribution in [-0.2, 0) is 11.3 Å². The standard InChI is InChI=1S/C9H13N3O2/c1-6-3-12(4-7(6)2)5-8(13)11-9(10)14/h3-4H,5H2,1-2H3,(H3,10,11,13,14). The predicted octanol–water partition coefficient (Wildman–Crippen LogP) is 0.300. The van der Waals surface area contributed by atoms with Gasteiger partial charge in [0, 0.05) is 12.4 Å². The van der Waals surface area contributed by atoms with Crippen LogP contribution in [0.25, 0.3) is 0 Å². The molecule has 14 heavy (non-hydrogen) atoms. The number of carbonyl (C=O) groups excluding carboxylic acids is 2. The molecule has 0 saturated heterocycles. The van der Waals surface area contributed by atoms with Crippen LogP contribution in [0.5, 0.6) is 0 Å². The molecule has 3 amide bonds. The van der Waals surface area contributed by atoms with E-state index in [9.17, 15) is 9.59 Å². The maximum atomic E-state index is 11.1. The van der Waals surface area contributed by atoms with Gasteiger partial charge in [-0.2, -0.15) is 0 Å². The lowest BCUT2D eigenvalue weighted by Gasteiger charge is -2.01. The normalized spacial score (nSPS) is 9.86. The second-order valence-electron chi connectivity index (χ2n) is 3.21. The predicted molar refractivity (Wildman–Crippen MR) is 51.6 cm³/mol. The zero-order chi connectivity index (χ0) is 10.7. The van der Waals surface area contributed by atoms with Gasteiger partial charge in [-0.1, -0.05) is 0 Å². The van der Waals surface area contributed by atoms with Gasteiger partial charge < -0.3 is 10.3 Å². The molecule has 0 aliphatic rings. The second kappa shape index (κ2) is 3.95. The van der Waals surface area contributed by atoms with E-state index in [2.05, 4.69) is 0 Å². The molecule has 0 bridgehead atoms. The molecular weight excluding hydrogens is 182 g/mol. The van der Waals surface area contributed by atoms with Gasteiger partial charge in [0.05, 0.1) is 0 Å². The molecule has 0 spiro atoms. The first kappa shape index (κ1) is 10.3. The molecule has 0 saturated carbocycles. The van der Waals surface area contributed by atoms with E-state index in [1.54, 1.807) is 4.57 Å². The van der Waals surface area contributed by atoms with Crippen molar-refractivity contribution >= 4 is 11.9 Å². The molecule has 0 unspecified atom stereocenters. The Kier molecular flexibility index (Phi) is 2.91. The summed E-state index contributed by atoms with van der Waals surface area (Å²) in [6.45, 7) is 4.02. The summed E-state index contributed by atoms with van der Waals surface area (Å²) < 4.78 is 1.71. The van der Waals surface area contributed by atoms with Crippen LogP contribution < -0.4 is 11.1 Å². The molecule has 0 aliphatic carbocycles. The van der Waals surface area contributed by atoms with Crippen LogP contribution in [0, 0.1) is 13.8 Å². The molecule has 1 rings (SSSR count). The Hall–Kier alpha value is -1.78. The summed E-state index contributed by atoms with van der Waals surface area (Å²) in [6, 6.07) is -0.824. The molecule has 76 valence electrons. The van der Waals surface area contributed by atoms with Crippen LogP contribution in [-0.4, -0.2) is 16.5 Å². The Morgan fingerprint density at radius 2 is 1.86 bits per heavy atom. The van der Waals surface area contributed by atoms with Crippen molar-refractivity contribution in [1.29, 1.82) is 0 Å². The lowest BCUT2D eigenvalue weighted by molar-refractivity contribution is -0.120. The molecule has 0 fully saturated rings. The Morgan fingerprint density at radius 1 is 1.36 bits per heavy atom. The van der Waals surface area contributed by atoms with Crippen molar-refractivity contribution in [3.05, 3.63) is 23.5 Å². The Bertz CT molecular complexity index is 349. The van der Waals surface area contributed by atoms with E-state index in [1.165, 1.54) is 0 Å². The number of nitrogens with zero attached hydrogens (tertiary/aromatic N) is 1. The minimum Gasteiger partial charge on any atom is -0.351 e. The molecule has 0 radical (unpaired) electrons. The van der Waals surface area contributed by atoms with Crippen molar-refractivity contribution in [3.8, 4) is 0 Å². The number of aromatic nitrogens is 1. The molecular formula is C9H13N3O2. The fourth-order valence-corrected chi connectivity index (χ4v) is 1.17. The Labute approximate surface area is 81.9 Å². The summed E-state index contributed by atoms with van der Waals surface area (Å²) in [5.41, 5.74) is 7.02. The number of imide groups is 1. The summed E-state index contributed by atoms with van der Waals surface area (Å²) >= 11 is 0. The van der Waals surface area contributed by atoms with Gasteiger partial charge in [-0.15, -0.1) is 0 Å². The first-order chi connectivity index (χ1) is 6.49. The number of primary amides is 1. The highest BCUT2D eigenvalue weighted by atomic mass is 16.2. The topological polar surface area (TPSA) is 77.1 Å². The van der Waals surface area contributed by atoms with E-state index in [4.69, 9.17) is 5.73 Å². The summed E-state index contributed by atoms with van der Waals surface area (Å²) in [7, 11) is 0. The average molecular weight is 195 g/mol. The first-order valence-corrected chi connectivity index (χ1v) is 4.21. The lowest BCUT2D eigenvalue weighted by atomic mass is 10.2. The number of amides is 3. The summed E-state index contributed by atoms with van der Waals surface area (Å²) in [6.07, 6.45) is 3.69. The fraction of sp³-hybridized carbons (Fsp3) is 0.333.